The minimum absolute atomic E-state index is 0.337. The molecule has 2 nitrogen and oxygen atoms in total. The van der Waals surface area contributed by atoms with Gasteiger partial charge in [-0.2, -0.15) is 0 Å². The number of ether oxygens (including phenoxy) is 1. The lowest BCUT2D eigenvalue weighted by Gasteiger charge is -2.27. The van der Waals surface area contributed by atoms with E-state index in [2.05, 4.69) is 26.8 Å². The molecule has 1 fully saturated rings. The van der Waals surface area contributed by atoms with Gasteiger partial charge >= 0.3 is 0 Å². The van der Waals surface area contributed by atoms with Crippen molar-refractivity contribution in [1.29, 1.82) is 0 Å². The molecule has 0 aromatic heterocycles. The summed E-state index contributed by atoms with van der Waals surface area (Å²) in [5.74, 6) is 0.761. The summed E-state index contributed by atoms with van der Waals surface area (Å²) < 4.78 is 5.90. The van der Waals surface area contributed by atoms with E-state index >= 15 is 0 Å². The van der Waals surface area contributed by atoms with Crippen LogP contribution in [0.5, 0.6) is 0 Å². The smallest absolute Gasteiger partial charge is 0.102 e. The van der Waals surface area contributed by atoms with Crippen molar-refractivity contribution in [2.24, 2.45) is 5.92 Å². The largest absolute Gasteiger partial charge is 0.386 e. The first-order valence-corrected chi connectivity index (χ1v) is 7.42. The monoisotopic (exact) mass is 262 g/mol. The van der Waals surface area contributed by atoms with E-state index in [0.29, 0.717) is 12.7 Å². The topological polar surface area (TPSA) is 29.5 Å². The normalized spacial score (nSPS) is 25.3. The summed E-state index contributed by atoms with van der Waals surface area (Å²) >= 11 is 0. The molecule has 3 unspecified atom stereocenters. The first kappa shape index (κ1) is 14.5. The number of hydrogen-bond acceptors (Lipinski definition) is 2. The molecule has 0 saturated heterocycles. The highest BCUT2D eigenvalue weighted by molar-refractivity contribution is 5.29. The first-order valence-electron chi connectivity index (χ1n) is 7.42. The second kappa shape index (κ2) is 6.53. The van der Waals surface area contributed by atoms with Crippen LogP contribution < -0.4 is 0 Å². The van der Waals surface area contributed by atoms with Crippen LogP contribution in [0, 0.1) is 19.8 Å². The molecule has 1 aliphatic carbocycles. The number of hydrogen-bond donors (Lipinski definition) is 1. The molecule has 106 valence electrons. The zero-order chi connectivity index (χ0) is 13.8. The van der Waals surface area contributed by atoms with Crippen LogP contribution in [-0.4, -0.2) is 17.8 Å². The van der Waals surface area contributed by atoms with Gasteiger partial charge in [-0.15, -0.1) is 0 Å². The molecule has 0 heterocycles. The quantitative estimate of drug-likeness (QED) is 0.890. The summed E-state index contributed by atoms with van der Waals surface area (Å²) in [5.41, 5.74) is 3.36. The molecule has 2 rings (SSSR count). The van der Waals surface area contributed by atoms with Crippen molar-refractivity contribution < 1.29 is 9.84 Å². The second-order valence-corrected chi connectivity index (χ2v) is 6.16. The van der Waals surface area contributed by atoms with E-state index in [4.69, 9.17) is 4.74 Å². The molecule has 1 saturated carbocycles. The van der Waals surface area contributed by atoms with Crippen LogP contribution in [0.25, 0.3) is 0 Å². The maximum Gasteiger partial charge on any atom is 0.102 e. The van der Waals surface area contributed by atoms with E-state index in [1.807, 2.05) is 12.1 Å². The third-order valence-corrected chi connectivity index (χ3v) is 4.01. The predicted molar refractivity (Wildman–Crippen MR) is 78.2 cm³/mol. The molecular formula is C17H26O2. The summed E-state index contributed by atoms with van der Waals surface area (Å²) in [6.07, 6.45) is 4.69. The maximum atomic E-state index is 10.2. The highest BCUT2D eigenvalue weighted by Crippen LogP contribution is 2.27. The van der Waals surface area contributed by atoms with Gasteiger partial charge in [-0.1, -0.05) is 49.1 Å². The molecule has 0 aliphatic heterocycles. The third-order valence-electron chi connectivity index (χ3n) is 4.01. The van der Waals surface area contributed by atoms with Crippen molar-refractivity contribution in [1.82, 2.24) is 0 Å². The highest BCUT2D eigenvalue weighted by Gasteiger charge is 2.20. The lowest BCUT2D eigenvalue weighted by molar-refractivity contribution is -0.0322. The van der Waals surface area contributed by atoms with E-state index < -0.39 is 6.10 Å². The SMILES string of the molecule is Cc1cc(C)cc(C(O)COC2CCCC(C)C2)c1. The minimum Gasteiger partial charge on any atom is -0.386 e. The number of rotatable bonds is 4. The van der Waals surface area contributed by atoms with Gasteiger partial charge in [0.2, 0.25) is 0 Å². The van der Waals surface area contributed by atoms with E-state index in [0.717, 1.165) is 24.3 Å². The Morgan fingerprint density at radius 1 is 1.21 bits per heavy atom. The van der Waals surface area contributed by atoms with Gasteiger partial charge < -0.3 is 9.84 Å². The lowest BCUT2D eigenvalue weighted by atomic mass is 9.89. The standard InChI is InChI=1S/C17H26O2/c1-12-5-4-6-16(10-12)19-11-17(18)15-8-13(2)7-14(3)9-15/h7-9,12,16-18H,4-6,10-11H2,1-3H3. The minimum atomic E-state index is -0.504. The Bertz CT molecular complexity index is 393. The molecule has 0 amide bonds. The molecule has 3 atom stereocenters. The van der Waals surface area contributed by atoms with E-state index in [1.165, 1.54) is 24.0 Å². The zero-order valence-corrected chi connectivity index (χ0v) is 12.4. The Morgan fingerprint density at radius 2 is 1.89 bits per heavy atom. The van der Waals surface area contributed by atoms with Crippen molar-refractivity contribution in [3.8, 4) is 0 Å². The van der Waals surface area contributed by atoms with Gasteiger partial charge in [0.05, 0.1) is 12.7 Å². The van der Waals surface area contributed by atoms with Crippen LogP contribution in [0.2, 0.25) is 0 Å². The highest BCUT2D eigenvalue weighted by atomic mass is 16.5. The van der Waals surface area contributed by atoms with Crippen molar-refractivity contribution in [3.05, 3.63) is 34.9 Å². The fourth-order valence-electron chi connectivity index (χ4n) is 3.06. The first-order chi connectivity index (χ1) is 9.04. The van der Waals surface area contributed by atoms with Crippen LogP contribution in [0.3, 0.4) is 0 Å². The van der Waals surface area contributed by atoms with Crippen molar-refractivity contribution in [2.45, 2.75) is 58.7 Å². The van der Waals surface area contributed by atoms with Crippen molar-refractivity contribution in [2.75, 3.05) is 6.61 Å². The molecule has 2 heteroatoms. The van der Waals surface area contributed by atoms with E-state index in [-0.39, 0.29) is 0 Å². The maximum absolute atomic E-state index is 10.2. The van der Waals surface area contributed by atoms with Gasteiger partial charge in [0, 0.05) is 0 Å². The van der Waals surface area contributed by atoms with Crippen LogP contribution in [0.15, 0.2) is 18.2 Å². The summed E-state index contributed by atoms with van der Waals surface area (Å²) in [5, 5.41) is 10.2. The van der Waals surface area contributed by atoms with E-state index in [1.54, 1.807) is 0 Å². The Labute approximate surface area is 116 Å². The van der Waals surface area contributed by atoms with Crippen molar-refractivity contribution >= 4 is 0 Å². The summed E-state index contributed by atoms with van der Waals surface area (Å²) in [7, 11) is 0. The summed E-state index contributed by atoms with van der Waals surface area (Å²) in [6, 6.07) is 6.22. The molecule has 0 bridgehead atoms. The summed E-state index contributed by atoms with van der Waals surface area (Å²) in [6.45, 7) is 6.83. The van der Waals surface area contributed by atoms with E-state index in [9.17, 15) is 5.11 Å². The van der Waals surface area contributed by atoms with Gasteiger partial charge in [0.15, 0.2) is 0 Å². The van der Waals surface area contributed by atoms with Gasteiger partial charge in [-0.3, -0.25) is 0 Å². The van der Waals surface area contributed by atoms with Gasteiger partial charge in [0.25, 0.3) is 0 Å². The van der Waals surface area contributed by atoms with Gasteiger partial charge in [0.1, 0.15) is 6.10 Å². The average Bonchev–Trinajstić information content (AvgIpc) is 2.35. The van der Waals surface area contributed by atoms with Crippen LogP contribution in [-0.2, 0) is 4.74 Å². The number of aliphatic hydroxyl groups is 1. The number of aryl methyl sites for hydroxylation is 2. The van der Waals surface area contributed by atoms with Crippen LogP contribution in [0.4, 0.5) is 0 Å². The van der Waals surface area contributed by atoms with Gasteiger partial charge in [-0.05, 0) is 38.2 Å². The molecule has 19 heavy (non-hydrogen) atoms. The predicted octanol–water partition coefficient (Wildman–Crippen LogP) is 3.93. The lowest BCUT2D eigenvalue weighted by Crippen LogP contribution is -2.23. The van der Waals surface area contributed by atoms with Crippen molar-refractivity contribution in [3.63, 3.8) is 0 Å². The molecular weight excluding hydrogens is 236 g/mol. The molecule has 1 aliphatic rings. The fourth-order valence-corrected chi connectivity index (χ4v) is 3.06. The Hall–Kier alpha value is -0.860. The van der Waals surface area contributed by atoms with Gasteiger partial charge in [-0.25, -0.2) is 0 Å². The molecule has 1 aromatic rings. The molecule has 1 aromatic carbocycles. The zero-order valence-electron chi connectivity index (χ0n) is 12.4. The average molecular weight is 262 g/mol. The summed E-state index contributed by atoms with van der Waals surface area (Å²) in [4.78, 5) is 0. The van der Waals surface area contributed by atoms with Crippen LogP contribution in [0.1, 0.15) is 55.4 Å². The Kier molecular flexibility index (Phi) is 5.00. The Morgan fingerprint density at radius 3 is 2.53 bits per heavy atom. The molecule has 0 spiro atoms. The van der Waals surface area contributed by atoms with Crippen LogP contribution >= 0.6 is 0 Å². The third kappa shape index (κ3) is 4.32. The fraction of sp³-hybridized carbons (Fsp3) is 0.647. The Balaban J connectivity index is 1.88. The second-order valence-electron chi connectivity index (χ2n) is 6.16. The number of aliphatic hydroxyl groups excluding tert-OH is 1. The molecule has 1 N–H and O–H groups in total. The number of benzene rings is 1. The molecule has 0 radical (unpaired) electrons.